The number of nitrogens with zero attached hydrogens (tertiary/aromatic N) is 1. The van der Waals surface area contributed by atoms with E-state index < -0.39 is 0 Å². The van der Waals surface area contributed by atoms with Crippen molar-refractivity contribution < 1.29 is 0 Å². The van der Waals surface area contributed by atoms with E-state index in [1.165, 1.54) is 11.1 Å². The Morgan fingerprint density at radius 3 is 2.58 bits per heavy atom. The minimum Gasteiger partial charge on any atom is -0.306 e. The number of hydrogen-bond acceptors (Lipinski definition) is 2. The summed E-state index contributed by atoms with van der Waals surface area (Å²) >= 11 is 6.09. The van der Waals surface area contributed by atoms with Crippen molar-refractivity contribution in [3.05, 3.63) is 64.4 Å². The van der Waals surface area contributed by atoms with Crippen LogP contribution in [0.15, 0.2) is 42.7 Å². The third kappa shape index (κ3) is 3.79. The Kier molecular flexibility index (Phi) is 4.94. The molecule has 1 unspecified atom stereocenters. The SMILES string of the molecule is CCc1ccc(C(C)NCc2ccncc2Cl)cc1. The molecule has 1 N–H and O–H groups in total. The Balaban J connectivity index is 1.97. The lowest BCUT2D eigenvalue weighted by Gasteiger charge is -2.15. The zero-order chi connectivity index (χ0) is 13.7. The highest BCUT2D eigenvalue weighted by Crippen LogP contribution is 2.17. The zero-order valence-corrected chi connectivity index (χ0v) is 12.1. The van der Waals surface area contributed by atoms with Crippen molar-refractivity contribution in [2.45, 2.75) is 32.9 Å². The van der Waals surface area contributed by atoms with Crippen LogP contribution in [0.1, 0.15) is 36.6 Å². The summed E-state index contributed by atoms with van der Waals surface area (Å²) in [6, 6.07) is 11.0. The molecule has 0 amide bonds. The number of benzene rings is 1. The summed E-state index contributed by atoms with van der Waals surface area (Å²) in [5, 5.41) is 4.19. The lowest BCUT2D eigenvalue weighted by molar-refractivity contribution is 0.574. The molecule has 0 saturated carbocycles. The first-order valence-electron chi connectivity index (χ1n) is 6.61. The minimum absolute atomic E-state index is 0.301. The Hall–Kier alpha value is -1.38. The van der Waals surface area contributed by atoms with Crippen LogP contribution in [0.3, 0.4) is 0 Å². The summed E-state index contributed by atoms with van der Waals surface area (Å²) in [4.78, 5) is 3.99. The first-order chi connectivity index (χ1) is 9.20. The highest BCUT2D eigenvalue weighted by molar-refractivity contribution is 6.31. The molecule has 1 aromatic heterocycles. The van der Waals surface area contributed by atoms with Gasteiger partial charge >= 0.3 is 0 Å². The van der Waals surface area contributed by atoms with Gasteiger partial charge in [0.2, 0.25) is 0 Å². The second-order valence-electron chi connectivity index (χ2n) is 4.66. The standard InChI is InChI=1S/C16H19ClN2/c1-3-13-4-6-14(7-5-13)12(2)19-10-15-8-9-18-11-16(15)17/h4-9,11-12,19H,3,10H2,1-2H3. The molecule has 0 bridgehead atoms. The van der Waals surface area contributed by atoms with E-state index in [1.54, 1.807) is 12.4 Å². The van der Waals surface area contributed by atoms with E-state index >= 15 is 0 Å². The lowest BCUT2D eigenvalue weighted by atomic mass is 10.0. The number of aryl methyl sites for hydroxylation is 1. The van der Waals surface area contributed by atoms with Crippen LogP contribution in [0.2, 0.25) is 5.02 Å². The second kappa shape index (κ2) is 6.69. The van der Waals surface area contributed by atoms with Gasteiger partial charge in [0.1, 0.15) is 0 Å². The van der Waals surface area contributed by atoms with Gasteiger partial charge in [0.25, 0.3) is 0 Å². The van der Waals surface area contributed by atoms with Crippen LogP contribution in [0.5, 0.6) is 0 Å². The molecule has 100 valence electrons. The molecule has 0 aliphatic heterocycles. The van der Waals surface area contributed by atoms with Gasteiger partial charge in [0.15, 0.2) is 0 Å². The Morgan fingerprint density at radius 1 is 1.21 bits per heavy atom. The van der Waals surface area contributed by atoms with Crippen molar-refractivity contribution in [2.24, 2.45) is 0 Å². The molecule has 0 aliphatic rings. The monoisotopic (exact) mass is 274 g/mol. The molecule has 19 heavy (non-hydrogen) atoms. The maximum Gasteiger partial charge on any atom is 0.0634 e. The molecule has 0 spiro atoms. The predicted octanol–water partition coefficient (Wildman–Crippen LogP) is 4.15. The van der Waals surface area contributed by atoms with Gasteiger partial charge in [0, 0.05) is 25.0 Å². The van der Waals surface area contributed by atoms with Crippen molar-refractivity contribution >= 4 is 11.6 Å². The second-order valence-corrected chi connectivity index (χ2v) is 5.07. The molecule has 0 fully saturated rings. The van der Waals surface area contributed by atoms with Gasteiger partial charge in [-0.1, -0.05) is 42.8 Å². The largest absolute Gasteiger partial charge is 0.306 e. The van der Waals surface area contributed by atoms with Crippen molar-refractivity contribution in [2.75, 3.05) is 0 Å². The summed E-state index contributed by atoms with van der Waals surface area (Å²) in [7, 11) is 0. The molecule has 2 aromatic rings. The topological polar surface area (TPSA) is 24.9 Å². The molecule has 0 aliphatic carbocycles. The van der Waals surface area contributed by atoms with Gasteiger partial charge in [0.05, 0.1) is 5.02 Å². The summed E-state index contributed by atoms with van der Waals surface area (Å²) in [5.74, 6) is 0. The molecule has 1 atom stereocenters. The van der Waals surface area contributed by atoms with E-state index in [2.05, 4.69) is 48.4 Å². The summed E-state index contributed by atoms with van der Waals surface area (Å²) in [6.45, 7) is 5.08. The molecule has 2 nitrogen and oxygen atoms in total. The van der Waals surface area contributed by atoms with E-state index in [0.717, 1.165) is 18.5 Å². The first kappa shape index (κ1) is 14.0. The van der Waals surface area contributed by atoms with Crippen LogP contribution in [0.25, 0.3) is 0 Å². The summed E-state index contributed by atoms with van der Waals surface area (Å²) < 4.78 is 0. The summed E-state index contributed by atoms with van der Waals surface area (Å²) in [6.07, 6.45) is 4.53. The minimum atomic E-state index is 0.301. The van der Waals surface area contributed by atoms with Crippen LogP contribution in [-0.4, -0.2) is 4.98 Å². The van der Waals surface area contributed by atoms with Crippen LogP contribution in [-0.2, 0) is 13.0 Å². The molecule has 1 heterocycles. The van der Waals surface area contributed by atoms with E-state index in [1.807, 2.05) is 6.07 Å². The lowest BCUT2D eigenvalue weighted by Crippen LogP contribution is -2.18. The maximum atomic E-state index is 6.09. The average Bonchev–Trinajstić information content (AvgIpc) is 2.46. The molecule has 0 radical (unpaired) electrons. The van der Waals surface area contributed by atoms with Gasteiger partial charge < -0.3 is 5.32 Å². The van der Waals surface area contributed by atoms with Gasteiger partial charge in [-0.05, 0) is 36.1 Å². The van der Waals surface area contributed by atoms with Gasteiger partial charge in [-0.3, -0.25) is 4.98 Å². The molecule has 1 aromatic carbocycles. The highest BCUT2D eigenvalue weighted by atomic mass is 35.5. The third-order valence-electron chi connectivity index (χ3n) is 3.34. The van der Waals surface area contributed by atoms with Gasteiger partial charge in [-0.2, -0.15) is 0 Å². The third-order valence-corrected chi connectivity index (χ3v) is 3.68. The Bertz CT molecular complexity index is 523. The quantitative estimate of drug-likeness (QED) is 0.886. The zero-order valence-electron chi connectivity index (χ0n) is 11.4. The highest BCUT2D eigenvalue weighted by Gasteiger charge is 2.06. The normalized spacial score (nSPS) is 12.4. The van der Waals surface area contributed by atoms with Gasteiger partial charge in [-0.15, -0.1) is 0 Å². The number of nitrogens with one attached hydrogen (secondary N) is 1. The first-order valence-corrected chi connectivity index (χ1v) is 6.99. The van der Waals surface area contributed by atoms with E-state index in [4.69, 9.17) is 11.6 Å². The van der Waals surface area contributed by atoms with Crippen molar-refractivity contribution in [1.29, 1.82) is 0 Å². The smallest absolute Gasteiger partial charge is 0.0634 e. The fourth-order valence-electron chi connectivity index (χ4n) is 1.97. The molecule has 2 rings (SSSR count). The number of halogens is 1. The van der Waals surface area contributed by atoms with Crippen molar-refractivity contribution in [3.8, 4) is 0 Å². The van der Waals surface area contributed by atoms with Crippen LogP contribution in [0, 0.1) is 0 Å². The van der Waals surface area contributed by atoms with E-state index in [-0.39, 0.29) is 0 Å². The maximum absolute atomic E-state index is 6.09. The fourth-order valence-corrected chi connectivity index (χ4v) is 2.16. The van der Waals surface area contributed by atoms with Gasteiger partial charge in [-0.25, -0.2) is 0 Å². The number of pyridine rings is 1. The number of hydrogen-bond donors (Lipinski definition) is 1. The number of aromatic nitrogens is 1. The molecule has 3 heteroatoms. The molecule has 0 saturated heterocycles. The van der Waals surface area contributed by atoms with Crippen LogP contribution >= 0.6 is 11.6 Å². The molecular formula is C16H19ClN2. The number of rotatable bonds is 5. The van der Waals surface area contributed by atoms with Crippen LogP contribution in [0.4, 0.5) is 0 Å². The predicted molar refractivity (Wildman–Crippen MR) is 80.3 cm³/mol. The average molecular weight is 275 g/mol. The van der Waals surface area contributed by atoms with E-state index in [9.17, 15) is 0 Å². The Morgan fingerprint density at radius 2 is 1.95 bits per heavy atom. The van der Waals surface area contributed by atoms with E-state index in [0.29, 0.717) is 11.1 Å². The van der Waals surface area contributed by atoms with Crippen LogP contribution < -0.4 is 5.32 Å². The summed E-state index contributed by atoms with van der Waals surface area (Å²) in [5.41, 5.74) is 3.74. The molecular weight excluding hydrogens is 256 g/mol. The Labute approximate surface area is 119 Å². The van der Waals surface area contributed by atoms with Crippen molar-refractivity contribution in [1.82, 2.24) is 10.3 Å². The fraction of sp³-hybridized carbons (Fsp3) is 0.312. The van der Waals surface area contributed by atoms with Crippen molar-refractivity contribution in [3.63, 3.8) is 0 Å².